The van der Waals surface area contributed by atoms with Gasteiger partial charge in [-0.1, -0.05) is 0 Å². The number of nitrogens with two attached hydrogens (primary N) is 1. The highest BCUT2D eigenvalue weighted by Crippen LogP contribution is 2.31. The summed E-state index contributed by atoms with van der Waals surface area (Å²) in [5.74, 6) is 6.39. The molecule has 0 spiro atoms. The zero-order valence-electron chi connectivity index (χ0n) is 7.55. The fourth-order valence-corrected chi connectivity index (χ4v) is 1.63. The number of hydrazine groups is 1. The number of hydrogen-bond acceptors (Lipinski definition) is 5. The largest absolute Gasteiger partial charge is 0.266 e. The quantitative estimate of drug-likeness (QED) is 0.607. The SMILES string of the molecule is Cc1cc2c3c(ncnn13)N=CN2N. The fourth-order valence-electron chi connectivity index (χ4n) is 1.63. The average molecular weight is 188 g/mol. The van der Waals surface area contributed by atoms with Crippen molar-refractivity contribution in [2.75, 3.05) is 5.01 Å². The summed E-state index contributed by atoms with van der Waals surface area (Å²) in [5.41, 5.74) is 2.75. The molecule has 0 bridgehead atoms. The van der Waals surface area contributed by atoms with Crippen molar-refractivity contribution in [1.29, 1.82) is 0 Å². The molecule has 2 aromatic rings. The van der Waals surface area contributed by atoms with Crippen molar-refractivity contribution in [3.8, 4) is 0 Å². The summed E-state index contributed by atoms with van der Waals surface area (Å²) >= 11 is 0. The van der Waals surface area contributed by atoms with Crippen LogP contribution in [-0.4, -0.2) is 20.9 Å². The predicted molar refractivity (Wildman–Crippen MR) is 52.5 cm³/mol. The molecule has 6 heteroatoms. The highest BCUT2D eigenvalue weighted by atomic mass is 15.4. The highest BCUT2D eigenvalue weighted by Gasteiger charge is 2.18. The maximum Gasteiger partial charge on any atom is 0.183 e. The minimum Gasteiger partial charge on any atom is -0.266 e. The van der Waals surface area contributed by atoms with Gasteiger partial charge in [-0.2, -0.15) is 5.10 Å². The van der Waals surface area contributed by atoms with E-state index in [1.165, 1.54) is 11.3 Å². The van der Waals surface area contributed by atoms with Crippen molar-refractivity contribution < 1.29 is 0 Å². The van der Waals surface area contributed by atoms with Gasteiger partial charge in [0.25, 0.3) is 0 Å². The van der Waals surface area contributed by atoms with E-state index < -0.39 is 0 Å². The first-order valence-corrected chi connectivity index (χ1v) is 4.19. The molecule has 0 aromatic carbocycles. The molecule has 0 amide bonds. The van der Waals surface area contributed by atoms with Crippen LogP contribution in [0.15, 0.2) is 17.4 Å². The van der Waals surface area contributed by atoms with Crippen molar-refractivity contribution in [3.63, 3.8) is 0 Å². The number of rotatable bonds is 0. The number of nitrogens with zero attached hydrogens (tertiary/aromatic N) is 5. The first-order valence-electron chi connectivity index (χ1n) is 4.19. The van der Waals surface area contributed by atoms with Crippen LogP contribution < -0.4 is 10.9 Å². The second kappa shape index (κ2) is 2.30. The Labute approximate surface area is 79.6 Å². The Morgan fingerprint density at radius 1 is 1.43 bits per heavy atom. The van der Waals surface area contributed by atoms with Gasteiger partial charge in [-0.3, -0.25) is 5.01 Å². The van der Waals surface area contributed by atoms with Gasteiger partial charge in [0.05, 0.1) is 5.69 Å². The topological polar surface area (TPSA) is 71.8 Å². The minimum atomic E-state index is 0.657. The molecule has 0 radical (unpaired) electrons. The Kier molecular flexibility index (Phi) is 1.22. The van der Waals surface area contributed by atoms with Crippen LogP contribution >= 0.6 is 0 Å². The molecule has 2 N–H and O–H groups in total. The molecular weight excluding hydrogens is 180 g/mol. The third-order valence-corrected chi connectivity index (χ3v) is 2.28. The van der Waals surface area contributed by atoms with Crippen molar-refractivity contribution >= 4 is 23.4 Å². The number of aromatic nitrogens is 3. The normalized spacial score (nSPS) is 14.0. The van der Waals surface area contributed by atoms with Gasteiger partial charge in [0.15, 0.2) is 5.82 Å². The third-order valence-electron chi connectivity index (χ3n) is 2.28. The molecule has 1 aliphatic rings. The monoisotopic (exact) mass is 188 g/mol. The molecule has 0 unspecified atom stereocenters. The van der Waals surface area contributed by atoms with Gasteiger partial charge in [-0.15, -0.1) is 0 Å². The Balaban J connectivity index is 2.52. The number of aliphatic imine (C=N–C) groups is 1. The van der Waals surface area contributed by atoms with E-state index in [0.29, 0.717) is 5.82 Å². The molecule has 0 atom stereocenters. The van der Waals surface area contributed by atoms with Crippen LogP contribution in [0.5, 0.6) is 0 Å². The summed E-state index contributed by atoms with van der Waals surface area (Å²) in [6.45, 7) is 1.96. The van der Waals surface area contributed by atoms with Crippen LogP contribution in [0.2, 0.25) is 0 Å². The van der Waals surface area contributed by atoms with Gasteiger partial charge >= 0.3 is 0 Å². The van der Waals surface area contributed by atoms with Crippen LogP contribution in [0.4, 0.5) is 11.5 Å². The van der Waals surface area contributed by atoms with Gasteiger partial charge in [0.2, 0.25) is 0 Å². The van der Waals surface area contributed by atoms with Crippen molar-refractivity contribution in [2.24, 2.45) is 10.8 Å². The van der Waals surface area contributed by atoms with E-state index in [1.54, 1.807) is 10.9 Å². The summed E-state index contributed by atoms with van der Waals surface area (Å²) < 4.78 is 1.79. The summed E-state index contributed by atoms with van der Waals surface area (Å²) in [7, 11) is 0. The zero-order valence-corrected chi connectivity index (χ0v) is 7.55. The molecule has 0 saturated heterocycles. The lowest BCUT2D eigenvalue weighted by Gasteiger charge is -2.15. The van der Waals surface area contributed by atoms with Crippen LogP contribution in [0, 0.1) is 6.92 Å². The fraction of sp³-hybridized carbons (Fsp3) is 0.125. The van der Waals surface area contributed by atoms with Crippen LogP contribution in [0.25, 0.3) is 5.52 Å². The molecule has 0 saturated carbocycles. The Morgan fingerprint density at radius 3 is 3.14 bits per heavy atom. The lowest BCUT2D eigenvalue weighted by Crippen LogP contribution is -2.30. The summed E-state index contributed by atoms with van der Waals surface area (Å²) in [4.78, 5) is 8.18. The van der Waals surface area contributed by atoms with Crippen LogP contribution in [0.1, 0.15) is 5.69 Å². The summed E-state index contributed by atoms with van der Waals surface area (Å²) in [6, 6.07) is 1.96. The minimum absolute atomic E-state index is 0.657. The Hall–Kier alpha value is -1.95. The average Bonchev–Trinajstić information content (AvgIpc) is 2.53. The zero-order chi connectivity index (χ0) is 9.71. The van der Waals surface area contributed by atoms with E-state index in [1.807, 2.05) is 13.0 Å². The summed E-state index contributed by atoms with van der Waals surface area (Å²) in [6.07, 6.45) is 3.03. The number of aryl methyl sites for hydroxylation is 1. The van der Waals surface area contributed by atoms with Gasteiger partial charge in [-0.25, -0.2) is 20.3 Å². The van der Waals surface area contributed by atoms with Crippen LogP contribution in [0.3, 0.4) is 0 Å². The Bertz CT molecular complexity index is 540. The predicted octanol–water partition coefficient (Wildman–Crippen LogP) is 0.391. The van der Waals surface area contributed by atoms with E-state index in [0.717, 1.165) is 16.9 Å². The first-order chi connectivity index (χ1) is 6.77. The highest BCUT2D eigenvalue weighted by molar-refractivity contribution is 5.97. The molecule has 3 heterocycles. The maximum atomic E-state index is 5.73. The molecule has 14 heavy (non-hydrogen) atoms. The Morgan fingerprint density at radius 2 is 2.29 bits per heavy atom. The van der Waals surface area contributed by atoms with Crippen molar-refractivity contribution in [1.82, 2.24) is 14.6 Å². The standard InChI is InChI=1S/C8H8N6/c1-5-2-6-7-8(11-4-13(6)9)10-3-12-14(5)7/h2-4H,9H2,1H3. The van der Waals surface area contributed by atoms with Crippen LogP contribution in [-0.2, 0) is 0 Å². The third kappa shape index (κ3) is 0.754. The molecule has 0 aliphatic carbocycles. The van der Waals surface area contributed by atoms with Crippen molar-refractivity contribution in [3.05, 3.63) is 18.1 Å². The second-order valence-corrected chi connectivity index (χ2v) is 3.17. The second-order valence-electron chi connectivity index (χ2n) is 3.17. The summed E-state index contributed by atoms with van der Waals surface area (Å²) in [5, 5.41) is 5.60. The van der Waals surface area contributed by atoms with Gasteiger partial charge in [0, 0.05) is 5.69 Å². The van der Waals surface area contributed by atoms with Gasteiger partial charge in [-0.05, 0) is 13.0 Å². The first kappa shape index (κ1) is 7.45. The van der Waals surface area contributed by atoms with E-state index in [9.17, 15) is 0 Å². The molecular formula is C8H8N6. The van der Waals surface area contributed by atoms with E-state index in [4.69, 9.17) is 5.84 Å². The van der Waals surface area contributed by atoms with Gasteiger partial charge < -0.3 is 0 Å². The molecule has 6 nitrogen and oxygen atoms in total. The van der Waals surface area contributed by atoms with Gasteiger partial charge in [0.1, 0.15) is 18.2 Å². The van der Waals surface area contributed by atoms with E-state index in [-0.39, 0.29) is 0 Å². The molecule has 3 rings (SSSR count). The number of hydrogen-bond donors (Lipinski definition) is 1. The smallest absolute Gasteiger partial charge is 0.183 e. The lowest BCUT2D eigenvalue weighted by molar-refractivity contribution is 0.869. The maximum absolute atomic E-state index is 5.73. The molecule has 1 aliphatic heterocycles. The molecule has 0 fully saturated rings. The molecule has 70 valence electrons. The lowest BCUT2D eigenvalue weighted by atomic mass is 10.3. The number of anilines is 1. The van der Waals surface area contributed by atoms with E-state index in [2.05, 4.69) is 15.1 Å². The van der Waals surface area contributed by atoms with Crippen molar-refractivity contribution in [2.45, 2.75) is 6.92 Å². The van der Waals surface area contributed by atoms with E-state index >= 15 is 0 Å². The molecule has 2 aromatic heterocycles.